The zero-order valence-electron chi connectivity index (χ0n) is 25.4. The number of rotatable bonds is 14. The molecule has 0 radical (unpaired) electrons. The van der Waals surface area contributed by atoms with E-state index in [0.29, 0.717) is 12.6 Å². The van der Waals surface area contributed by atoms with Gasteiger partial charge in [0.05, 0.1) is 12.7 Å². The van der Waals surface area contributed by atoms with Crippen LogP contribution < -0.4 is 5.32 Å². The van der Waals surface area contributed by atoms with E-state index in [9.17, 15) is 0 Å². The summed E-state index contributed by atoms with van der Waals surface area (Å²) in [5.74, 6) is 0. The number of hydrogen-bond acceptors (Lipinski definition) is 2. The molecule has 0 aromatic heterocycles. The Labute approximate surface area is 234 Å². The first-order chi connectivity index (χ1) is 18.2. The SMILES string of the molecule is CC(C)=CCC/C(C)=C/CN[C@H](C)c1ccccc1.CC(C)=CCC/C(C)=C/CO[C@H](C)c1ccccc1. The topological polar surface area (TPSA) is 21.3 Å². The van der Waals surface area contributed by atoms with E-state index in [1.165, 1.54) is 33.4 Å². The van der Waals surface area contributed by atoms with Crippen molar-refractivity contribution in [2.75, 3.05) is 13.2 Å². The molecule has 2 aromatic rings. The third kappa shape index (κ3) is 16.9. The highest BCUT2D eigenvalue weighted by Gasteiger charge is 2.03. The Morgan fingerprint density at radius 3 is 1.63 bits per heavy atom. The molecule has 1 N–H and O–H groups in total. The van der Waals surface area contributed by atoms with Crippen molar-refractivity contribution in [2.24, 2.45) is 0 Å². The zero-order valence-corrected chi connectivity index (χ0v) is 25.4. The van der Waals surface area contributed by atoms with Gasteiger partial charge in [-0.2, -0.15) is 0 Å². The summed E-state index contributed by atoms with van der Waals surface area (Å²) in [6.45, 7) is 18.9. The van der Waals surface area contributed by atoms with Crippen LogP contribution in [0, 0.1) is 0 Å². The van der Waals surface area contributed by atoms with E-state index in [2.05, 4.69) is 140 Å². The van der Waals surface area contributed by atoms with Crippen molar-refractivity contribution in [3.8, 4) is 0 Å². The maximum Gasteiger partial charge on any atom is 0.0801 e. The fourth-order valence-corrected chi connectivity index (χ4v) is 3.81. The second kappa shape index (κ2) is 20.3. The average molecular weight is 516 g/mol. The molecule has 2 aromatic carbocycles. The quantitative estimate of drug-likeness (QED) is 0.253. The third-order valence-electron chi connectivity index (χ3n) is 6.40. The first-order valence-corrected chi connectivity index (χ1v) is 14.2. The molecule has 2 rings (SSSR count). The summed E-state index contributed by atoms with van der Waals surface area (Å²) >= 11 is 0. The molecule has 2 heteroatoms. The van der Waals surface area contributed by atoms with Gasteiger partial charge < -0.3 is 10.1 Å². The molecule has 0 aliphatic carbocycles. The van der Waals surface area contributed by atoms with Gasteiger partial charge >= 0.3 is 0 Å². The van der Waals surface area contributed by atoms with Crippen molar-refractivity contribution in [3.05, 3.63) is 118 Å². The van der Waals surface area contributed by atoms with Crippen molar-refractivity contribution in [2.45, 2.75) is 93.2 Å². The molecule has 0 aliphatic heterocycles. The van der Waals surface area contributed by atoms with Gasteiger partial charge in [0, 0.05) is 12.6 Å². The minimum absolute atomic E-state index is 0.156. The predicted octanol–water partition coefficient (Wildman–Crippen LogP) is 10.5. The molecule has 0 bridgehead atoms. The monoisotopic (exact) mass is 515 g/mol. The van der Waals surface area contributed by atoms with Crippen molar-refractivity contribution >= 4 is 0 Å². The first kappa shape index (κ1) is 33.3. The predicted molar refractivity (Wildman–Crippen MR) is 169 cm³/mol. The number of benzene rings is 2. The smallest absolute Gasteiger partial charge is 0.0801 e. The van der Waals surface area contributed by atoms with Gasteiger partial charge in [-0.3, -0.25) is 0 Å². The Balaban J connectivity index is 0.000000380. The Kier molecular flexibility index (Phi) is 17.8. The summed E-state index contributed by atoms with van der Waals surface area (Å²) in [4.78, 5) is 0. The van der Waals surface area contributed by atoms with Crippen LogP contribution in [0.2, 0.25) is 0 Å². The highest BCUT2D eigenvalue weighted by atomic mass is 16.5. The summed E-state index contributed by atoms with van der Waals surface area (Å²) in [5, 5.41) is 3.54. The molecule has 2 nitrogen and oxygen atoms in total. The van der Waals surface area contributed by atoms with Gasteiger partial charge in [0.15, 0.2) is 0 Å². The molecule has 0 aliphatic rings. The van der Waals surface area contributed by atoms with Crippen molar-refractivity contribution < 1.29 is 4.74 Å². The first-order valence-electron chi connectivity index (χ1n) is 14.2. The van der Waals surface area contributed by atoms with Crippen LogP contribution in [0.25, 0.3) is 0 Å². The summed E-state index contributed by atoms with van der Waals surface area (Å²) in [5.41, 5.74) is 8.24. The molecule has 208 valence electrons. The second-order valence-electron chi connectivity index (χ2n) is 10.7. The van der Waals surface area contributed by atoms with Crippen molar-refractivity contribution in [3.63, 3.8) is 0 Å². The molecule has 38 heavy (non-hydrogen) atoms. The van der Waals surface area contributed by atoms with Gasteiger partial charge in [-0.15, -0.1) is 0 Å². The summed E-state index contributed by atoms with van der Waals surface area (Å²) in [6.07, 6.45) is 13.8. The van der Waals surface area contributed by atoms with Crippen LogP contribution in [0.15, 0.2) is 107 Å². The highest BCUT2D eigenvalue weighted by Crippen LogP contribution is 2.16. The van der Waals surface area contributed by atoms with Crippen LogP contribution in [0.5, 0.6) is 0 Å². The van der Waals surface area contributed by atoms with E-state index in [4.69, 9.17) is 4.74 Å². The summed E-state index contributed by atoms with van der Waals surface area (Å²) in [6, 6.07) is 21.3. The maximum absolute atomic E-state index is 5.83. The minimum Gasteiger partial charge on any atom is -0.370 e. The maximum atomic E-state index is 5.83. The fourth-order valence-electron chi connectivity index (χ4n) is 3.81. The van der Waals surface area contributed by atoms with Crippen LogP contribution in [0.3, 0.4) is 0 Å². The number of nitrogens with one attached hydrogen (secondary N) is 1. The van der Waals surface area contributed by atoms with Crippen molar-refractivity contribution in [1.82, 2.24) is 5.32 Å². The van der Waals surface area contributed by atoms with Gasteiger partial charge in [0.25, 0.3) is 0 Å². The second-order valence-corrected chi connectivity index (χ2v) is 10.7. The Bertz CT molecular complexity index is 907. The van der Waals surface area contributed by atoms with E-state index in [0.717, 1.165) is 32.2 Å². The van der Waals surface area contributed by atoms with Crippen LogP contribution in [-0.2, 0) is 4.74 Å². The van der Waals surface area contributed by atoms with Crippen molar-refractivity contribution in [1.29, 1.82) is 0 Å². The largest absolute Gasteiger partial charge is 0.370 e. The van der Waals surface area contributed by atoms with E-state index in [1.807, 2.05) is 6.07 Å². The number of allylic oxidation sites excluding steroid dienone is 6. The number of hydrogen-bond donors (Lipinski definition) is 1. The Hall–Kier alpha value is -2.68. The minimum atomic E-state index is 0.156. The fraction of sp³-hybridized carbons (Fsp3) is 0.444. The normalized spacial score (nSPS) is 13.2. The third-order valence-corrected chi connectivity index (χ3v) is 6.40. The lowest BCUT2D eigenvalue weighted by molar-refractivity contribution is 0.0882. The van der Waals surface area contributed by atoms with Crippen LogP contribution >= 0.6 is 0 Å². The number of ether oxygens (including phenoxy) is 1. The molecular weight excluding hydrogens is 462 g/mol. The highest BCUT2D eigenvalue weighted by molar-refractivity contribution is 5.18. The molecule has 0 amide bonds. The van der Waals surface area contributed by atoms with Crippen LogP contribution in [-0.4, -0.2) is 13.2 Å². The lowest BCUT2D eigenvalue weighted by Crippen LogP contribution is -2.18. The molecule has 0 saturated heterocycles. The lowest BCUT2D eigenvalue weighted by atomic mass is 10.1. The molecule has 0 fully saturated rings. The molecule has 0 saturated carbocycles. The average Bonchev–Trinajstić information content (AvgIpc) is 2.89. The van der Waals surface area contributed by atoms with Gasteiger partial charge in [0.1, 0.15) is 0 Å². The molecule has 2 atom stereocenters. The van der Waals surface area contributed by atoms with Gasteiger partial charge in [-0.25, -0.2) is 0 Å². The zero-order chi connectivity index (χ0) is 28.2. The van der Waals surface area contributed by atoms with E-state index in [-0.39, 0.29) is 6.10 Å². The van der Waals surface area contributed by atoms with E-state index >= 15 is 0 Å². The molecule has 0 spiro atoms. The molecule has 0 heterocycles. The van der Waals surface area contributed by atoms with Gasteiger partial charge in [-0.05, 0) is 92.2 Å². The van der Waals surface area contributed by atoms with E-state index < -0.39 is 0 Å². The molecular formula is C36H53NO. The Morgan fingerprint density at radius 2 is 1.13 bits per heavy atom. The summed E-state index contributed by atoms with van der Waals surface area (Å²) in [7, 11) is 0. The van der Waals surface area contributed by atoms with Crippen LogP contribution in [0.4, 0.5) is 0 Å². The van der Waals surface area contributed by atoms with Crippen LogP contribution in [0.1, 0.15) is 104 Å². The van der Waals surface area contributed by atoms with Gasteiger partial charge in [0.2, 0.25) is 0 Å². The summed E-state index contributed by atoms with van der Waals surface area (Å²) < 4.78 is 5.83. The molecule has 0 unspecified atom stereocenters. The standard InChI is InChI=1S/C18H27N.C18H26O/c2*1-15(2)9-8-10-16(3)13-14-19-17(4)18-11-6-5-7-12-18/h5-7,9,11-13,17,19H,8,10,14H2,1-4H3;5-7,9,11-13,17H,8,10,14H2,1-4H3/b2*16-13+/t2*17-/m11/s1. The Morgan fingerprint density at radius 1 is 0.658 bits per heavy atom. The van der Waals surface area contributed by atoms with Gasteiger partial charge in [-0.1, -0.05) is 107 Å². The van der Waals surface area contributed by atoms with E-state index in [1.54, 1.807) is 0 Å². The lowest BCUT2D eigenvalue weighted by Gasteiger charge is -2.12.